The Labute approximate surface area is 300 Å². The molecule has 1 saturated heterocycles. The molecule has 0 unspecified atom stereocenters. The zero-order valence-corrected chi connectivity index (χ0v) is 30.6. The standard InChI is InChI=1S/C40H50FN3O7/c1-7-8-17-43(29-14-15-36-35(24-29)44(18-11-20-48-5)37(45)26-50-36)38(46)33-25-42(39(47)51-40(2,3)4)19-16-31(33)27-21-28(23-30(22-27)49-6)32-12-9-10-13-34(32)41/h9-10,12-15,21-24,31,33H,7-8,11,16-20,25-26H2,1-6H3/t31-,33+/m1/s1. The van der Waals surface area contributed by atoms with Crippen LogP contribution in [0.25, 0.3) is 11.1 Å². The van der Waals surface area contributed by atoms with E-state index in [1.807, 2.05) is 45.0 Å². The van der Waals surface area contributed by atoms with Gasteiger partial charge >= 0.3 is 6.09 Å². The van der Waals surface area contributed by atoms with Crippen LogP contribution in [0.5, 0.6) is 11.5 Å². The van der Waals surface area contributed by atoms with Crippen LogP contribution in [0.15, 0.2) is 60.7 Å². The maximum Gasteiger partial charge on any atom is 0.410 e. The summed E-state index contributed by atoms with van der Waals surface area (Å²) in [5, 5.41) is 0. The van der Waals surface area contributed by atoms with Gasteiger partial charge in [-0.05, 0) is 93.5 Å². The van der Waals surface area contributed by atoms with Crippen LogP contribution >= 0.6 is 0 Å². The van der Waals surface area contributed by atoms with Gasteiger partial charge in [-0.1, -0.05) is 37.6 Å². The topological polar surface area (TPSA) is 97.9 Å². The predicted molar refractivity (Wildman–Crippen MR) is 195 cm³/mol. The van der Waals surface area contributed by atoms with Crippen molar-refractivity contribution in [3.63, 3.8) is 0 Å². The molecule has 0 saturated carbocycles. The summed E-state index contributed by atoms with van der Waals surface area (Å²) in [6, 6.07) is 17.7. The molecule has 3 aromatic rings. The van der Waals surface area contributed by atoms with Gasteiger partial charge in [0.25, 0.3) is 5.91 Å². The molecule has 2 atom stereocenters. The summed E-state index contributed by atoms with van der Waals surface area (Å²) in [5.41, 5.74) is 2.41. The minimum Gasteiger partial charge on any atom is -0.497 e. The summed E-state index contributed by atoms with van der Waals surface area (Å²) in [4.78, 5) is 46.5. The highest BCUT2D eigenvalue weighted by molar-refractivity contribution is 6.01. The molecule has 274 valence electrons. The van der Waals surface area contributed by atoms with Crippen LogP contribution in [0, 0.1) is 11.7 Å². The number of carbonyl (C=O) groups excluding carboxylic acids is 3. The van der Waals surface area contributed by atoms with Crippen LogP contribution in [0.4, 0.5) is 20.6 Å². The van der Waals surface area contributed by atoms with Crippen LogP contribution in [-0.4, -0.2) is 82.0 Å². The number of hydrogen-bond donors (Lipinski definition) is 0. The molecule has 2 aliphatic rings. The zero-order chi connectivity index (χ0) is 36.7. The van der Waals surface area contributed by atoms with E-state index in [4.69, 9.17) is 18.9 Å². The molecule has 0 aliphatic carbocycles. The van der Waals surface area contributed by atoms with E-state index in [9.17, 15) is 9.59 Å². The van der Waals surface area contributed by atoms with Crippen LogP contribution in [0.1, 0.15) is 64.9 Å². The third-order valence-corrected chi connectivity index (χ3v) is 9.29. The van der Waals surface area contributed by atoms with Crippen LogP contribution in [0.3, 0.4) is 0 Å². The number of unbranched alkanes of at least 4 members (excludes halogenated alkanes) is 1. The number of likely N-dealkylation sites (tertiary alicyclic amines) is 1. The van der Waals surface area contributed by atoms with Crippen molar-refractivity contribution >= 4 is 29.3 Å². The average Bonchev–Trinajstić information content (AvgIpc) is 3.11. The first kappa shape index (κ1) is 37.6. The minimum absolute atomic E-state index is 0.0581. The zero-order valence-electron chi connectivity index (χ0n) is 30.6. The lowest BCUT2D eigenvalue weighted by molar-refractivity contribution is -0.124. The van der Waals surface area contributed by atoms with E-state index in [1.54, 1.807) is 59.3 Å². The molecule has 3 amide bonds. The summed E-state index contributed by atoms with van der Waals surface area (Å²) in [6.07, 6.45) is 2.22. The van der Waals surface area contributed by atoms with Gasteiger partial charge in [0.2, 0.25) is 5.91 Å². The Morgan fingerprint density at radius 3 is 2.53 bits per heavy atom. The molecule has 10 nitrogen and oxygen atoms in total. The van der Waals surface area contributed by atoms with E-state index in [1.165, 1.54) is 6.07 Å². The second-order valence-electron chi connectivity index (χ2n) is 14.1. The number of hydrogen-bond acceptors (Lipinski definition) is 7. The maximum absolute atomic E-state index is 15.1. The van der Waals surface area contributed by atoms with Gasteiger partial charge in [-0.3, -0.25) is 9.59 Å². The quantitative estimate of drug-likeness (QED) is 0.181. The van der Waals surface area contributed by atoms with E-state index in [2.05, 4.69) is 6.92 Å². The Morgan fingerprint density at radius 1 is 1.04 bits per heavy atom. The number of methoxy groups -OCH3 is 2. The fraction of sp³-hybridized carbons (Fsp3) is 0.475. The smallest absolute Gasteiger partial charge is 0.410 e. The molecular weight excluding hydrogens is 653 g/mol. The molecule has 51 heavy (non-hydrogen) atoms. The monoisotopic (exact) mass is 703 g/mol. The van der Waals surface area contributed by atoms with Crippen molar-refractivity contribution in [1.82, 2.24) is 4.90 Å². The molecule has 1 fully saturated rings. The first-order valence-corrected chi connectivity index (χ1v) is 17.7. The summed E-state index contributed by atoms with van der Waals surface area (Å²) in [7, 11) is 3.19. The Balaban J connectivity index is 1.57. The van der Waals surface area contributed by atoms with Gasteiger partial charge in [-0.15, -0.1) is 0 Å². The second-order valence-corrected chi connectivity index (χ2v) is 14.1. The van der Waals surface area contributed by atoms with Gasteiger partial charge in [0.15, 0.2) is 6.61 Å². The molecule has 2 heterocycles. The van der Waals surface area contributed by atoms with Crippen molar-refractivity contribution in [3.05, 3.63) is 72.0 Å². The molecule has 0 spiro atoms. The lowest BCUT2D eigenvalue weighted by Gasteiger charge is -2.41. The number of fused-ring (bicyclic) bond motifs is 1. The normalized spacial score (nSPS) is 17.4. The number of anilines is 2. The number of carbonyl (C=O) groups is 3. The van der Waals surface area contributed by atoms with Crippen molar-refractivity contribution in [2.24, 2.45) is 5.92 Å². The number of rotatable bonds is 12. The van der Waals surface area contributed by atoms with Gasteiger partial charge in [0, 0.05) is 51.1 Å². The van der Waals surface area contributed by atoms with E-state index in [0.29, 0.717) is 73.1 Å². The summed E-state index contributed by atoms with van der Waals surface area (Å²) >= 11 is 0. The fourth-order valence-corrected chi connectivity index (χ4v) is 6.75. The van der Waals surface area contributed by atoms with Crippen LogP contribution in [-0.2, 0) is 19.1 Å². The third-order valence-electron chi connectivity index (χ3n) is 9.29. The molecule has 0 bridgehead atoms. The highest BCUT2D eigenvalue weighted by Crippen LogP contribution is 2.41. The van der Waals surface area contributed by atoms with Gasteiger partial charge in [-0.2, -0.15) is 0 Å². The van der Waals surface area contributed by atoms with Crippen LogP contribution in [0.2, 0.25) is 0 Å². The van der Waals surface area contributed by atoms with Crippen molar-refractivity contribution in [1.29, 1.82) is 0 Å². The van der Waals surface area contributed by atoms with Crippen molar-refractivity contribution in [2.45, 2.75) is 64.9 Å². The summed E-state index contributed by atoms with van der Waals surface area (Å²) in [5.74, 6) is -0.563. The third kappa shape index (κ3) is 9.00. The SMILES string of the molecule is CCCCN(C(=O)[C@H]1CN(C(=O)OC(C)(C)C)CC[C@@H]1c1cc(OC)cc(-c2ccccc2F)c1)c1ccc2c(c1)N(CCCOC)C(=O)CO2. The molecule has 0 N–H and O–H groups in total. The summed E-state index contributed by atoms with van der Waals surface area (Å²) < 4.78 is 37.5. The van der Waals surface area contributed by atoms with E-state index < -0.39 is 17.6 Å². The number of nitrogens with zero attached hydrogens (tertiary/aromatic N) is 3. The highest BCUT2D eigenvalue weighted by Gasteiger charge is 2.41. The minimum atomic E-state index is -0.709. The number of ether oxygens (including phenoxy) is 4. The van der Waals surface area contributed by atoms with Gasteiger partial charge < -0.3 is 33.6 Å². The molecule has 2 aliphatic heterocycles. The molecule has 5 rings (SSSR count). The van der Waals surface area contributed by atoms with E-state index >= 15 is 9.18 Å². The first-order valence-electron chi connectivity index (χ1n) is 17.7. The Morgan fingerprint density at radius 2 is 1.82 bits per heavy atom. The molecular formula is C40H50FN3O7. The fourth-order valence-electron chi connectivity index (χ4n) is 6.75. The van der Waals surface area contributed by atoms with Gasteiger partial charge in [0.05, 0.1) is 18.7 Å². The van der Waals surface area contributed by atoms with E-state index in [0.717, 1.165) is 18.4 Å². The predicted octanol–water partition coefficient (Wildman–Crippen LogP) is 7.44. The van der Waals surface area contributed by atoms with Crippen LogP contribution < -0.4 is 19.3 Å². The Hall–Kier alpha value is -4.64. The highest BCUT2D eigenvalue weighted by atomic mass is 19.1. The average molecular weight is 704 g/mol. The largest absolute Gasteiger partial charge is 0.497 e. The van der Waals surface area contributed by atoms with Gasteiger partial charge in [0.1, 0.15) is 22.9 Å². The number of piperidine rings is 1. The number of amides is 3. The van der Waals surface area contributed by atoms with Crippen molar-refractivity contribution < 1.29 is 37.7 Å². The van der Waals surface area contributed by atoms with Crippen molar-refractivity contribution in [2.75, 3.05) is 63.4 Å². The second kappa shape index (κ2) is 16.6. The van der Waals surface area contributed by atoms with Crippen molar-refractivity contribution in [3.8, 4) is 22.6 Å². The van der Waals surface area contributed by atoms with E-state index in [-0.39, 0.29) is 36.7 Å². The molecule has 3 aromatic carbocycles. The lowest BCUT2D eigenvalue weighted by atomic mass is 9.78. The summed E-state index contributed by atoms with van der Waals surface area (Å²) in [6.45, 7) is 9.34. The number of halogens is 1. The molecule has 0 radical (unpaired) electrons. The molecule has 11 heteroatoms. The number of benzene rings is 3. The Bertz CT molecular complexity index is 1710. The molecule has 0 aromatic heterocycles. The van der Waals surface area contributed by atoms with Gasteiger partial charge in [-0.25, -0.2) is 9.18 Å². The lowest BCUT2D eigenvalue weighted by Crippen LogP contribution is -2.51. The first-order chi connectivity index (χ1) is 24.4. The maximum atomic E-state index is 15.1. The Kier molecular flexibility index (Phi) is 12.2.